The maximum Gasteiger partial charge on any atom is 0.131 e. The van der Waals surface area contributed by atoms with Crippen LogP contribution in [0.4, 0.5) is 4.39 Å². The Hall–Kier alpha value is -1.28. The van der Waals surface area contributed by atoms with Gasteiger partial charge in [0, 0.05) is 16.0 Å². The third-order valence-electron chi connectivity index (χ3n) is 3.15. The highest BCUT2D eigenvalue weighted by Crippen LogP contribution is 2.40. The summed E-state index contributed by atoms with van der Waals surface area (Å²) < 4.78 is 13.9. The van der Waals surface area contributed by atoms with Crippen LogP contribution in [0.2, 0.25) is 15.1 Å². The molecule has 0 radical (unpaired) electrons. The molecule has 3 aromatic rings. The molecule has 0 atom stereocenters. The van der Waals surface area contributed by atoms with Gasteiger partial charge in [0.05, 0.1) is 10.0 Å². The van der Waals surface area contributed by atoms with E-state index in [2.05, 4.69) is 0 Å². The second-order valence-electron chi connectivity index (χ2n) is 4.38. The Kier molecular flexibility index (Phi) is 3.59. The lowest BCUT2D eigenvalue weighted by atomic mass is 9.98. The number of hydrogen-bond acceptors (Lipinski definition) is 0. The summed E-state index contributed by atoms with van der Waals surface area (Å²) in [6.07, 6.45) is 0. The third kappa shape index (κ3) is 2.26. The van der Waals surface area contributed by atoms with E-state index in [1.807, 2.05) is 12.1 Å². The lowest BCUT2D eigenvalue weighted by Crippen LogP contribution is -1.87. The summed E-state index contributed by atoms with van der Waals surface area (Å²) in [6.45, 7) is 0. The minimum Gasteiger partial charge on any atom is -0.206 e. The molecule has 3 aromatic carbocycles. The second-order valence-corrected chi connectivity index (χ2v) is 5.64. The lowest BCUT2D eigenvalue weighted by Gasteiger charge is -2.11. The van der Waals surface area contributed by atoms with Crippen LogP contribution >= 0.6 is 34.8 Å². The van der Waals surface area contributed by atoms with Crippen LogP contribution in [0.15, 0.2) is 48.5 Å². The average Bonchev–Trinajstić information content (AvgIpc) is 2.40. The van der Waals surface area contributed by atoms with Crippen molar-refractivity contribution in [3.05, 3.63) is 69.4 Å². The molecular formula is C16H8Cl3F. The molecule has 4 heteroatoms. The first-order valence-electron chi connectivity index (χ1n) is 5.90. The van der Waals surface area contributed by atoms with Crippen LogP contribution in [0.5, 0.6) is 0 Å². The largest absolute Gasteiger partial charge is 0.206 e. The maximum absolute atomic E-state index is 13.9. The van der Waals surface area contributed by atoms with E-state index in [1.165, 1.54) is 6.07 Å². The van der Waals surface area contributed by atoms with Gasteiger partial charge in [-0.15, -0.1) is 0 Å². The first-order chi connectivity index (χ1) is 9.58. The van der Waals surface area contributed by atoms with E-state index in [0.29, 0.717) is 26.0 Å². The number of rotatable bonds is 1. The van der Waals surface area contributed by atoms with Crippen LogP contribution in [0.25, 0.3) is 21.9 Å². The molecule has 0 aliphatic carbocycles. The fraction of sp³-hybridized carbons (Fsp3) is 0. The summed E-state index contributed by atoms with van der Waals surface area (Å²) in [5.74, 6) is -0.273. The summed E-state index contributed by atoms with van der Waals surface area (Å²) in [4.78, 5) is 0. The van der Waals surface area contributed by atoms with Crippen LogP contribution in [0.3, 0.4) is 0 Å². The average molecular weight is 326 g/mol. The number of benzene rings is 3. The van der Waals surface area contributed by atoms with Crippen molar-refractivity contribution >= 4 is 45.6 Å². The van der Waals surface area contributed by atoms with Crippen molar-refractivity contribution < 1.29 is 4.39 Å². The minimum absolute atomic E-state index is 0.273. The van der Waals surface area contributed by atoms with E-state index >= 15 is 0 Å². The molecule has 0 aromatic heterocycles. The molecule has 0 unspecified atom stereocenters. The van der Waals surface area contributed by atoms with E-state index in [-0.39, 0.29) is 5.82 Å². The number of hydrogen-bond donors (Lipinski definition) is 0. The Balaban J connectivity index is 2.39. The van der Waals surface area contributed by atoms with Crippen molar-refractivity contribution in [2.45, 2.75) is 0 Å². The fourth-order valence-corrected chi connectivity index (χ4v) is 3.30. The molecule has 0 fully saturated rings. The molecule has 100 valence electrons. The predicted molar refractivity (Wildman–Crippen MR) is 84.4 cm³/mol. The first kappa shape index (κ1) is 13.7. The van der Waals surface area contributed by atoms with Crippen molar-refractivity contribution in [3.63, 3.8) is 0 Å². The highest BCUT2D eigenvalue weighted by atomic mass is 35.5. The first-order valence-corrected chi connectivity index (χ1v) is 7.03. The summed E-state index contributed by atoms with van der Waals surface area (Å²) in [5.41, 5.74) is 1.45. The van der Waals surface area contributed by atoms with Gasteiger partial charge in [0.15, 0.2) is 0 Å². The van der Waals surface area contributed by atoms with Crippen molar-refractivity contribution in [1.29, 1.82) is 0 Å². The Labute approximate surface area is 130 Å². The summed E-state index contributed by atoms with van der Waals surface area (Å²) in [7, 11) is 0. The van der Waals surface area contributed by atoms with Gasteiger partial charge in [-0.3, -0.25) is 0 Å². The molecule has 0 saturated carbocycles. The third-order valence-corrected chi connectivity index (χ3v) is 3.96. The van der Waals surface area contributed by atoms with Crippen LogP contribution in [0, 0.1) is 5.82 Å². The van der Waals surface area contributed by atoms with Gasteiger partial charge in [-0.05, 0) is 29.1 Å². The summed E-state index contributed by atoms with van der Waals surface area (Å²) in [5, 5.41) is 2.65. The van der Waals surface area contributed by atoms with E-state index < -0.39 is 0 Å². The van der Waals surface area contributed by atoms with Gasteiger partial charge in [-0.25, -0.2) is 4.39 Å². The van der Waals surface area contributed by atoms with Crippen molar-refractivity contribution in [2.75, 3.05) is 0 Å². The summed E-state index contributed by atoms with van der Waals surface area (Å²) in [6, 6.07) is 13.6. The Bertz CT molecular complexity index is 789. The molecule has 0 aliphatic rings. The van der Waals surface area contributed by atoms with E-state index in [4.69, 9.17) is 34.8 Å². The normalized spacial score (nSPS) is 11.0. The molecule has 3 rings (SSSR count). The monoisotopic (exact) mass is 324 g/mol. The van der Waals surface area contributed by atoms with Gasteiger partial charge in [-0.1, -0.05) is 65.1 Å². The summed E-state index contributed by atoms with van der Waals surface area (Å²) >= 11 is 18.4. The van der Waals surface area contributed by atoms with Crippen LogP contribution in [-0.4, -0.2) is 0 Å². The van der Waals surface area contributed by atoms with Crippen LogP contribution < -0.4 is 0 Å². The van der Waals surface area contributed by atoms with Gasteiger partial charge >= 0.3 is 0 Å². The highest BCUT2D eigenvalue weighted by molar-refractivity contribution is 6.42. The molecule has 0 N–H and O–H groups in total. The van der Waals surface area contributed by atoms with Crippen molar-refractivity contribution in [3.8, 4) is 11.1 Å². The van der Waals surface area contributed by atoms with Gasteiger partial charge in [0.2, 0.25) is 0 Å². The van der Waals surface area contributed by atoms with E-state index in [9.17, 15) is 4.39 Å². The fourth-order valence-electron chi connectivity index (χ4n) is 2.28. The van der Waals surface area contributed by atoms with E-state index in [1.54, 1.807) is 30.3 Å². The minimum atomic E-state index is -0.273. The zero-order chi connectivity index (χ0) is 14.3. The Morgan fingerprint density at radius 1 is 0.750 bits per heavy atom. The maximum atomic E-state index is 13.9. The molecule has 0 heterocycles. The molecule has 0 saturated heterocycles. The number of fused-ring (bicyclic) bond motifs is 1. The lowest BCUT2D eigenvalue weighted by molar-refractivity contribution is 0.640. The topological polar surface area (TPSA) is 0 Å². The Morgan fingerprint density at radius 2 is 1.35 bits per heavy atom. The molecule has 0 spiro atoms. The van der Waals surface area contributed by atoms with Crippen LogP contribution in [0.1, 0.15) is 0 Å². The molecular weight excluding hydrogens is 318 g/mol. The second kappa shape index (κ2) is 5.25. The molecule has 0 aliphatic heterocycles. The van der Waals surface area contributed by atoms with Crippen molar-refractivity contribution in [1.82, 2.24) is 0 Å². The number of halogens is 4. The molecule has 0 bridgehead atoms. The van der Waals surface area contributed by atoms with Crippen LogP contribution in [-0.2, 0) is 0 Å². The Morgan fingerprint density at radius 3 is 2.00 bits per heavy atom. The zero-order valence-corrected chi connectivity index (χ0v) is 12.4. The zero-order valence-electron chi connectivity index (χ0n) is 10.1. The van der Waals surface area contributed by atoms with Crippen molar-refractivity contribution in [2.24, 2.45) is 0 Å². The predicted octanol–water partition coefficient (Wildman–Crippen LogP) is 6.61. The van der Waals surface area contributed by atoms with Gasteiger partial charge in [0.1, 0.15) is 5.82 Å². The smallest absolute Gasteiger partial charge is 0.131 e. The van der Waals surface area contributed by atoms with Gasteiger partial charge in [-0.2, -0.15) is 0 Å². The molecule has 20 heavy (non-hydrogen) atoms. The van der Waals surface area contributed by atoms with Gasteiger partial charge < -0.3 is 0 Å². The van der Waals surface area contributed by atoms with E-state index in [0.717, 1.165) is 10.9 Å². The highest BCUT2D eigenvalue weighted by Gasteiger charge is 2.14. The quantitative estimate of drug-likeness (QED) is 0.472. The van der Waals surface area contributed by atoms with Gasteiger partial charge in [0.25, 0.3) is 0 Å². The molecule has 0 amide bonds. The standard InChI is InChI=1S/C16H8Cl3F/c17-9-7-13(18)16(14(19)8-9)12-5-6-15(20)11-4-2-1-3-10(11)12/h1-8H. The SMILES string of the molecule is Fc1ccc(-c2c(Cl)cc(Cl)cc2Cl)c2ccccc12. The molecule has 0 nitrogen and oxygen atoms in total.